The molecule has 2 heterocycles. The second-order valence-electron chi connectivity index (χ2n) is 4.60. The molecule has 0 radical (unpaired) electrons. The van der Waals surface area contributed by atoms with Gasteiger partial charge in [0.25, 0.3) is 0 Å². The van der Waals surface area contributed by atoms with Crippen LogP contribution in [-0.4, -0.2) is 47.6 Å². The summed E-state index contributed by atoms with van der Waals surface area (Å²) in [6.45, 7) is 7.14. The first-order valence-electron chi connectivity index (χ1n) is 5.87. The first-order chi connectivity index (χ1) is 6.79. The normalized spacial score (nSPS) is 35.6. The highest BCUT2D eigenvalue weighted by Gasteiger charge is 2.27. The minimum atomic E-state index is 0.777. The van der Waals surface area contributed by atoms with Gasteiger partial charge in [0.05, 0.1) is 0 Å². The molecule has 2 aliphatic heterocycles. The third kappa shape index (κ3) is 2.44. The van der Waals surface area contributed by atoms with Crippen molar-refractivity contribution < 1.29 is 0 Å². The summed E-state index contributed by atoms with van der Waals surface area (Å²) in [5.74, 6) is 2.67. The molecule has 0 aromatic heterocycles. The summed E-state index contributed by atoms with van der Waals surface area (Å²) in [7, 11) is 0. The van der Waals surface area contributed by atoms with Crippen LogP contribution in [-0.2, 0) is 0 Å². The molecule has 3 heteroatoms. The van der Waals surface area contributed by atoms with Crippen molar-refractivity contribution in [1.82, 2.24) is 10.2 Å². The Morgan fingerprint density at radius 3 is 2.64 bits per heavy atom. The van der Waals surface area contributed by atoms with Gasteiger partial charge in [-0.2, -0.15) is 11.8 Å². The van der Waals surface area contributed by atoms with E-state index in [0.29, 0.717) is 0 Å². The summed E-state index contributed by atoms with van der Waals surface area (Å²) in [4.78, 5) is 2.59. The van der Waals surface area contributed by atoms with Gasteiger partial charge < -0.3 is 10.2 Å². The predicted octanol–water partition coefficient (Wildman–Crippen LogP) is 1.56. The molecule has 2 aliphatic rings. The Morgan fingerprint density at radius 2 is 2.14 bits per heavy atom. The zero-order valence-electron chi connectivity index (χ0n) is 9.33. The van der Waals surface area contributed by atoms with Crippen molar-refractivity contribution >= 4 is 11.8 Å². The molecule has 0 spiro atoms. The summed E-state index contributed by atoms with van der Waals surface area (Å²) < 4.78 is 0. The number of nitrogens with one attached hydrogen (secondary N) is 1. The molecule has 2 nitrogen and oxygen atoms in total. The lowest BCUT2D eigenvalue weighted by Gasteiger charge is -2.40. The molecule has 0 aliphatic carbocycles. The highest BCUT2D eigenvalue weighted by Crippen LogP contribution is 2.22. The third-order valence-electron chi connectivity index (χ3n) is 3.53. The molecule has 14 heavy (non-hydrogen) atoms. The third-order valence-corrected chi connectivity index (χ3v) is 4.81. The molecule has 0 bridgehead atoms. The molecular weight excluding hydrogens is 192 g/mol. The van der Waals surface area contributed by atoms with Gasteiger partial charge in [-0.05, 0) is 32.9 Å². The minimum absolute atomic E-state index is 0.777. The van der Waals surface area contributed by atoms with Crippen LogP contribution in [0.1, 0.15) is 26.7 Å². The largest absolute Gasteiger partial charge is 0.309 e. The zero-order valence-corrected chi connectivity index (χ0v) is 10.1. The van der Waals surface area contributed by atoms with Crippen LogP contribution in [0.2, 0.25) is 0 Å². The van der Waals surface area contributed by atoms with E-state index in [1.165, 1.54) is 37.4 Å². The molecule has 2 fully saturated rings. The van der Waals surface area contributed by atoms with E-state index in [4.69, 9.17) is 0 Å². The van der Waals surface area contributed by atoms with Crippen molar-refractivity contribution in [2.75, 3.05) is 24.6 Å². The Morgan fingerprint density at radius 1 is 1.36 bits per heavy atom. The molecule has 0 amide bonds. The lowest BCUT2D eigenvalue weighted by molar-refractivity contribution is 0.140. The Kier molecular flexibility index (Phi) is 3.74. The maximum atomic E-state index is 3.78. The van der Waals surface area contributed by atoms with Crippen molar-refractivity contribution in [3.05, 3.63) is 0 Å². The molecule has 0 aromatic carbocycles. The topological polar surface area (TPSA) is 15.3 Å². The number of nitrogens with zero attached hydrogens (tertiary/aromatic N) is 1. The van der Waals surface area contributed by atoms with E-state index in [1.807, 2.05) is 0 Å². The highest BCUT2D eigenvalue weighted by atomic mass is 32.2. The Hall–Kier alpha value is 0.270. The van der Waals surface area contributed by atoms with E-state index in [-0.39, 0.29) is 0 Å². The van der Waals surface area contributed by atoms with Crippen LogP contribution in [0.3, 0.4) is 0 Å². The van der Waals surface area contributed by atoms with Crippen LogP contribution >= 0.6 is 11.8 Å². The van der Waals surface area contributed by atoms with Gasteiger partial charge in [0.1, 0.15) is 0 Å². The maximum absolute atomic E-state index is 3.78. The first-order valence-corrected chi connectivity index (χ1v) is 7.03. The van der Waals surface area contributed by atoms with Crippen LogP contribution in [0.5, 0.6) is 0 Å². The van der Waals surface area contributed by atoms with Crippen LogP contribution in [0, 0.1) is 0 Å². The average Bonchev–Trinajstić information content (AvgIpc) is 2.12. The van der Waals surface area contributed by atoms with Crippen LogP contribution in [0.25, 0.3) is 0 Å². The fourth-order valence-corrected chi connectivity index (χ4v) is 3.17. The Labute approximate surface area is 91.8 Å². The predicted molar refractivity (Wildman–Crippen MR) is 64.0 cm³/mol. The first kappa shape index (κ1) is 10.8. The van der Waals surface area contributed by atoms with Gasteiger partial charge in [-0.25, -0.2) is 0 Å². The van der Waals surface area contributed by atoms with E-state index < -0.39 is 0 Å². The molecular formula is C11H22N2S. The summed E-state index contributed by atoms with van der Waals surface area (Å²) in [5.41, 5.74) is 0. The quantitative estimate of drug-likeness (QED) is 0.767. The van der Waals surface area contributed by atoms with Crippen molar-refractivity contribution in [3.8, 4) is 0 Å². The molecule has 2 atom stereocenters. The van der Waals surface area contributed by atoms with Crippen molar-refractivity contribution in [2.24, 2.45) is 0 Å². The molecule has 2 saturated heterocycles. The maximum Gasteiger partial charge on any atom is 0.0251 e. The monoisotopic (exact) mass is 214 g/mol. The van der Waals surface area contributed by atoms with Crippen molar-refractivity contribution in [3.63, 3.8) is 0 Å². The highest BCUT2D eigenvalue weighted by molar-refractivity contribution is 8.00. The van der Waals surface area contributed by atoms with E-state index in [2.05, 4.69) is 35.8 Å². The number of hydrogen-bond acceptors (Lipinski definition) is 3. The van der Waals surface area contributed by atoms with Gasteiger partial charge >= 0.3 is 0 Å². The summed E-state index contributed by atoms with van der Waals surface area (Å²) in [6, 6.07) is 2.39. The molecule has 0 saturated carbocycles. The Bertz CT molecular complexity index is 182. The molecule has 1 N–H and O–H groups in total. The Balaban J connectivity index is 1.74. The number of piperidine rings is 1. The summed E-state index contributed by atoms with van der Waals surface area (Å²) in [6.07, 6.45) is 2.69. The number of likely N-dealkylation sites (tertiary alicyclic amines) is 1. The lowest BCUT2D eigenvalue weighted by atomic mass is 9.98. The molecule has 82 valence electrons. The van der Waals surface area contributed by atoms with Crippen LogP contribution < -0.4 is 5.32 Å². The summed E-state index contributed by atoms with van der Waals surface area (Å²) in [5, 5.41) is 3.78. The van der Waals surface area contributed by atoms with E-state index in [9.17, 15) is 0 Å². The van der Waals surface area contributed by atoms with Crippen LogP contribution in [0.15, 0.2) is 0 Å². The van der Waals surface area contributed by atoms with Crippen molar-refractivity contribution in [2.45, 2.75) is 44.8 Å². The zero-order chi connectivity index (χ0) is 9.97. The standard InChI is InChI=1S/C11H22N2S/c1-3-13-5-4-10(6-9(13)2)12-11-7-14-8-11/h9-12H,3-8H2,1-2H3. The van der Waals surface area contributed by atoms with Gasteiger partial charge in [0.15, 0.2) is 0 Å². The minimum Gasteiger partial charge on any atom is -0.309 e. The number of rotatable bonds is 3. The SMILES string of the molecule is CCN1CCC(NC2CSC2)CC1C. The number of thioether (sulfide) groups is 1. The van der Waals surface area contributed by atoms with Gasteiger partial charge in [-0.15, -0.1) is 0 Å². The van der Waals surface area contributed by atoms with E-state index in [1.54, 1.807) is 0 Å². The summed E-state index contributed by atoms with van der Waals surface area (Å²) >= 11 is 2.07. The van der Waals surface area contributed by atoms with E-state index in [0.717, 1.165) is 18.1 Å². The second-order valence-corrected chi connectivity index (χ2v) is 5.67. The van der Waals surface area contributed by atoms with Gasteiger partial charge in [0.2, 0.25) is 0 Å². The number of hydrogen-bond donors (Lipinski definition) is 1. The van der Waals surface area contributed by atoms with Crippen molar-refractivity contribution in [1.29, 1.82) is 0 Å². The van der Waals surface area contributed by atoms with Crippen LogP contribution in [0.4, 0.5) is 0 Å². The van der Waals surface area contributed by atoms with Gasteiger partial charge in [-0.3, -0.25) is 0 Å². The average molecular weight is 214 g/mol. The van der Waals surface area contributed by atoms with Gasteiger partial charge in [0, 0.05) is 29.6 Å². The van der Waals surface area contributed by atoms with E-state index >= 15 is 0 Å². The second kappa shape index (κ2) is 4.86. The lowest BCUT2D eigenvalue weighted by Crippen LogP contribution is -2.52. The molecule has 0 aromatic rings. The smallest absolute Gasteiger partial charge is 0.0251 e. The fraction of sp³-hybridized carbons (Fsp3) is 1.00. The molecule has 2 rings (SSSR count). The fourth-order valence-electron chi connectivity index (χ4n) is 2.51. The van der Waals surface area contributed by atoms with Gasteiger partial charge in [-0.1, -0.05) is 6.92 Å². The molecule has 2 unspecified atom stereocenters.